The van der Waals surface area contributed by atoms with Crippen LogP contribution in [-0.4, -0.2) is 62.4 Å². The van der Waals surface area contributed by atoms with Crippen molar-refractivity contribution >= 4 is 24.4 Å². The third kappa shape index (κ3) is 4.49. The first kappa shape index (κ1) is 14.0. The summed E-state index contributed by atoms with van der Waals surface area (Å²) in [5.74, 6) is 0. The van der Waals surface area contributed by atoms with Crippen LogP contribution in [0.25, 0.3) is 0 Å². The molecule has 0 spiro atoms. The summed E-state index contributed by atoms with van der Waals surface area (Å²) >= 11 is -0.390. The van der Waals surface area contributed by atoms with E-state index in [-0.39, 0.29) is 20.7 Å². The number of carbonyl (C=O) groups is 1. The first-order valence-corrected chi connectivity index (χ1v) is 6.51. The van der Waals surface area contributed by atoms with Crippen LogP contribution in [-0.2, 0) is 4.79 Å². The van der Waals surface area contributed by atoms with Crippen LogP contribution >= 0.6 is 0 Å². The molecule has 0 aromatic heterocycles. The van der Waals surface area contributed by atoms with Crippen molar-refractivity contribution in [2.75, 3.05) is 28.2 Å². The minimum atomic E-state index is -0.390. The molecule has 0 aliphatic rings. The normalized spacial score (nSPS) is 12.6. The summed E-state index contributed by atoms with van der Waals surface area (Å²) in [5, 5.41) is 0. The summed E-state index contributed by atoms with van der Waals surface area (Å²) in [6.45, 7) is 5.94. The first-order valence-electron chi connectivity index (χ1n) is 4.64. The Morgan fingerprint density at radius 2 is 1.36 bits per heavy atom. The molecule has 0 radical (unpaired) electrons. The summed E-state index contributed by atoms with van der Waals surface area (Å²) in [6, 6.07) is 0. The molecule has 0 N–H and O–H groups in total. The number of rotatable bonds is 3. The first-order chi connectivity index (χ1) is 6.16. The molecule has 0 unspecified atom stereocenters. The second-order valence-electron chi connectivity index (χ2n) is 4.76. The summed E-state index contributed by atoms with van der Waals surface area (Å²) in [4.78, 5) is 15.9. The fourth-order valence-corrected chi connectivity index (χ4v) is 2.78. The van der Waals surface area contributed by atoms with Crippen molar-refractivity contribution in [3.05, 3.63) is 0 Å². The van der Waals surface area contributed by atoms with Crippen molar-refractivity contribution in [3.63, 3.8) is 0 Å². The van der Waals surface area contributed by atoms with Crippen LogP contribution in [0.15, 0.2) is 0 Å². The molecule has 0 bridgehead atoms. The zero-order valence-corrected chi connectivity index (χ0v) is 12.1. The van der Waals surface area contributed by atoms with Gasteiger partial charge in [-0.05, 0) is 0 Å². The van der Waals surface area contributed by atoms with Gasteiger partial charge in [-0.25, -0.2) is 0 Å². The predicted molar refractivity (Wildman–Crippen MR) is 62.6 cm³/mol. The van der Waals surface area contributed by atoms with E-state index < -0.39 is 0 Å². The van der Waals surface area contributed by atoms with Crippen LogP contribution in [0.1, 0.15) is 20.8 Å². The van der Waals surface area contributed by atoms with Crippen LogP contribution in [0.4, 0.5) is 0 Å². The molecular weight excluding hydrogens is 239 g/mol. The second kappa shape index (κ2) is 5.20. The van der Waals surface area contributed by atoms with Crippen LogP contribution in [0.5, 0.6) is 0 Å². The zero-order chi connectivity index (χ0) is 11.5. The molecule has 0 aliphatic heterocycles. The topological polar surface area (TPSA) is 23.6 Å². The molecule has 4 heteroatoms. The molecule has 0 amide bonds. The molecule has 0 aromatic rings. The van der Waals surface area contributed by atoms with Crippen molar-refractivity contribution < 1.29 is 4.79 Å². The summed E-state index contributed by atoms with van der Waals surface area (Å²) < 4.78 is 1.51. The Labute approximate surface area is 93.7 Å². The second-order valence-corrected chi connectivity index (χ2v) is 6.92. The van der Waals surface area contributed by atoms with Crippen molar-refractivity contribution in [2.45, 2.75) is 20.8 Å². The SMILES string of the molecule is CN(C)C(=[As]C(=O)C(C)(C)C)N(C)C. The minimum absolute atomic E-state index is 0.211. The van der Waals surface area contributed by atoms with E-state index in [9.17, 15) is 4.79 Å². The third-order valence-electron chi connectivity index (χ3n) is 1.64. The van der Waals surface area contributed by atoms with Gasteiger partial charge in [0.15, 0.2) is 0 Å². The van der Waals surface area contributed by atoms with Gasteiger partial charge in [-0.1, -0.05) is 0 Å². The van der Waals surface area contributed by atoms with Gasteiger partial charge >= 0.3 is 93.4 Å². The Morgan fingerprint density at radius 1 is 1.00 bits per heavy atom. The van der Waals surface area contributed by atoms with E-state index in [2.05, 4.69) is 0 Å². The van der Waals surface area contributed by atoms with E-state index in [0.717, 1.165) is 4.55 Å². The average molecular weight is 260 g/mol. The molecule has 82 valence electrons. The molecule has 0 aliphatic carbocycles. The van der Waals surface area contributed by atoms with Gasteiger partial charge in [-0.15, -0.1) is 0 Å². The van der Waals surface area contributed by atoms with Gasteiger partial charge in [0, 0.05) is 0 Å². The zero-order valence-electron chi connectivity index (χ0n) is 10.2. The Balaban J connectivity index is 4.85. The predicted octanol–water partition coefficient (Wildman–Crippen LogP) is 0.474. The molecule has 0 fully saturated rings. The number of carbonyl (C=O) groups excluding carboxylic acids is 1. The van der Waals surface area contributed by atoms with Gasteiger partial charge in [0.05, 0.1) is 0 Å². The summed E-state index contributed by atoms with van der Waals surface area (Å²) in [5.41, 5.74) is -0.211. The molecule has 0 aromatic carbocycles. The average Bonchev–Trinajstić information content (AvgIpc) is 1.96. The molecule has 14 heavy (non-hydrogen) atoms. The standard InChI is InChI=1S/C10H21AsN2O/c1-10(2,3)8(14)11-9(12(4)5)13(6)7/h1-7H3. The molecule has 3 nitrogen and oxygen atoms in total. The monoisotopic (exact) mass is 260 g/mol. The van der Waals surface area contributed by atoms with Gasteiger partial charge in [-0.3, -0.25) is 0 Å². The van der Waals surface area contributed by atoms with Gasteiger partial charge in [0.25, 0.3) is 0 Å². The Kier molecular flexibility index (Phi) is 5.21. The molecule has 0 heterocycles. The Bertz CT molecular complexity index is 229. The molecule has 0 atom stereocenters. The molecule has 0 rings (SSSR count). The Morgan fingerprint density at radius 3 is 1.57 bits per heavy atom. The maximum absolute atomic E-state index is 11.9. The van der Waals surface area contributed by atoms with Crippen LogP contribution in [0.3, 0.4) is 0 Å². The van der Waals surface area contributed by atoms with Gasteiger partial charge in [-0.2, -0.15) is 0 Å². The van der Waals surface area contributed by atoms with E-state index in [1.807, 2.05) is 58.8 Å². The Hall–Kier alpha value is 0.0184. The number of hydrogen-bond acceptors (Lipinski definition) is 3. The molecular formula is C10H21AsN2O. The number of nitrogens with zero attached hydrogens (tertiary/aromatic N) is 2. The van der Waals surface area contributed by atoms with Crippen molar-refractivity contribution in [3.8, 4) is 0 Å². The van der Waals surface area contributed by atoms with Crippen LogP contribution in [0, 0.1) is 5.41 Å². The summed E-state index contributed by atoms with van der Waals surface area (Å²) in [7, 11) is 7.95. The summed E-state index contributed by atoms with van der Waals surface area (Å²) in [6.07, 6.45) is 0. The van der Waals surface area contributed by atoms with E-state index in [1.165, 1.54) is 0 Å². The fraction of sp³-hybridized carbons (Fsp3) is 0.800. The van der Waals surface area contributed by atoms with Gasteiger partial charge < -0.3 is 0 Å². The fourth-order valence-electron chi connectivity index (χ4n) is 0.859. The third-order valence-corrected chi connectivity index (χ3v) is 5.57. The van der Waals surface area contributed by atoms with Crippen molar-refractivity contribution in [1.29, 1.82) is 0 Å². The quantitative estimate of drug-likeness (QED) is 0.689. The molecule has 0 saturated heterocycles. The van der Waals surface area contributed by atoms with E-state index >= 15 is 0 Å². The van der Waals surface area contributed by atoms with Crippen molar-refractivity contribution in [2.24, 2.45) is 5.41 Å². The maximum atomic E-state index is 11.9. The van der Waals surface area contributed by atoms with E-state index in [1.54, 1.807) is 0 Å². The molecule has 0 saturated carbocycles. The van der Waals surface area contributed by atoms with Crippen LogP contribution in [0.2, 0.25) is 0 Å². The van der Waals surface area contributed by atoms with Crippen LogP contribution < -0.4 is 0 Å². The van der Waals surface area contributed by atoms with Crippen molar-refractivity contribution in [1.82, 2.24) is 9.80 Å². The van der Waals surface area contributed by atoms with E-state index in [0.29, 0.717) is 4.57 Å². The van der Waals surface area contributed by atoms with Gasteiger partial charge in [0.1, 0.15) is 0 Å². The van der Waals surface area contributed by atoms with Gasteiger partial charge in [0.2, 0.25) is 0 Å². The number of hydrogen-bond donors (Lipinski definition) is 0. The van der Waals surface area contributed by atoms with E-state index in [4.69, 9.17) is 0 Å².